The van der Waals surface area contributed by atoms with Gasteiger partial charge in [0.2, 0.25) is 6.79 Å². The fourth-order valence-electron chi connectivity index (χ4n) is 4.26. The van der Waals surface area contributed by atoms with E-state index in [1.165, 1.54) is 0 Å². The zero-order valence-corrected chi connectivity index (χ0v) is 18.5. The molecule has 0 unspecified atom stereocenters. The van der Waals surface area contributed by atoms with Gasteiger partial charge in [0.25, 0.3) is 5.56 Å². The van der Waals surface area contributed by atoms with Gasteiger partial charge in [-0.1, -0.05) is 13.8 Å². The van der Waals surface area contributed by atoms with Crippen LogP contribution in [0.2, 0.25) is 0 Å². The summed E-state index contributed by atoms with van der Waals surface area (Å²) in [4.78, 5) is 18.4. The highest BCUT2D eigenvalue weighted by molar-refractivity contribution is 6.15. The van der Waals surface area contributed by atoms with E-state index >= 15 is 0 Å². The molecule has 8 heteroatoms. The second-order valence-corrected chi connectivity index (χ2v) is 8.06. The van der Waals surface area contributed by atoms with Crippen molar-refractivity contribution >= 4 is 32.6 Å². The largest absolute Gasteiger partial charge is 0.493 e. The minimum Gasteiger partial charge on any atom is -0.493 e. The van der Waals surface area contributed by atoms with Crippen LogP contribution in [0.25, 0.3) is 32.6 Å². The number of pyridine rings is 2. The lowest BCUT2D eigenvalue weighted by Crippen LogP contribution is -2.31. The first-order valence-electron chi connectivity index (χ1n) is 10.6. The maximum absolute atomic E-state index is 13.7. The highest BCUT2D eigenvalue weighted by Gasteiger charge is 2.21. The number of hydrogen-bond donors (Lipinski definition) is 1. The molecule has 1 N–H and O–H groups in total. The van der Waals surface area contributed by atoms with Gasteiger partial charge in [-0.25, -0.2) is 0 Å². The summed E-state index contributed by atoms with van der Waals surface area (Å²) in [5.41, 5.74) is 1.46. The Balaban J connectivity index is 1.88. The van der Waals surface area contributed by atoms with E-state index in [-0.39, 0.29) is 12.4 Å². The number of hydrogen-bond acceptors (Lipinski definition) is 7. The van der Waals surface area contributed by atoms with Crippen molar-refractivity contribution in [3.8, 4) is 23.0 Å². The maximum atomic E-state index is 13.7. The summed E-state index contributed by atoms with van der Waals surface area (Å²) in [6, 6.07) is 7.66. The molecule has 3 heterocycles. The number of benzene rings is 2. The first-order chi connectivity index (χ1) is 15.5. The first kappa shape index (κ1) is 20.4. The molecule has 1 aliphatic rings. The molecule has 0 atom stereocenters. The van der Waals surface area contributed by atoms with Crippen LogP contribution in [-0.2, 0) is 6.54 Å². The molecule has 0 saturated heterocycles. The van der Waals surface area contributed by atoms with Crippen molar-refractivity contribution in [2.24, 2.45) is 0 Å². The Labute approximate surface area is 184 Å². The summed E-state index contributed by atoms with van der Waals surface area (Å²) >= 11 is 0. The summed E-state index contributed by atoms with van der Waals surface area (Å²) in [5.74, 6) is 2.39. The Bertz CT molecular complexity index is 1410. The Morgan fingerprint density at radius 3 is 2.38 bits per heavy atom. The molecule has 0 fully saturated rings. The molecule has 4 aromatic rings. The summed E-state index contributed by atoms with van der Waals surface area (Å²) in [6.45, 7) is 5.50. The number of rotatable bonds is 6. The van der Waals surface area contributed by atoms with Crippen LogP contribution in [0.5, 0.6) is 23.0 Å². The number of aromatic nitrogens is 2. The van der Waals surface area contributed by atoms with Gasteiger partial charge in [-0.2, -0.15) is 0 Å². The van der Waals surface area contributed by atoms with Crippen molar-refractivity contribution in [3.63, 3.8) is 0 Å². The van der Waals surface area contributed by atoms with Crippen molar-refractivity contribution < 1.29 is 18.9 Å². The number of nitrogens with one attached hydrogen (secondary N) is 1. The summed E-state index contributed by atoms with van der Waals surface area (Å²) in [6.07, 6.45) is 1.81. The lowest BCUT2D eigenvalue weighted by molar-refractivity contribution is 0.174. The predicted molar refractivity (Wildman–Crippen MR) is 123 cm³/mol. The highest BCUT2D eigenvalue weighted by atomic mass is 16.7. The van der Waals surface area contributed by atoms with Crippen molar-refractivity contribution in [2.45, 2.75) is 26.4 Å². The van der Waals surface area contributed by atoms with Crippen LogP contribution in [0, 0.1) is 0 Å². The zero-order chi connectivity index (χ0) is 22.4. The van der Waals surface area contributed by atoms with Crippen LogP contribution in [0.1, 0.15) is 13.8 Å². The van der Waals surface area contributed by atoms with Gasteiger partial charge in [-0.05, 0) is 18.2 Å². The van der Waals surface area contributed by atoms with E-state index in [9.17, 15) is 4.79 Å². The molecule has 2 aromatic carbocycles. The average molecular weight is 435 g/mol. The van der Waals surface area contributed by atoms with Crippen LogP contribution in [0.4, 0.5) is 0 Å². The van der Waals surface area contributed by atoms with E-state index < -0.39 is 0 Å². The first-order valence-corrected chi connectivity index (χ1v) is 10.6. The Hall–Kier alpha value is -3.52. The van der Waals surface area contributed by atoms with Crippen molar-refractivity contribution in [3.05, 3.63) is 40.8 Å². The molecule has 0 spiro atoms. The summed E-state index contributed by atoms with van der Waals surface area (Å²) in [7, 11) is 3.15. The lowest BCUT2D eigenvalue weighted by Gasteiger charge is -2.17. The third-order valence-corrected chi connectivity index (χ3v) is 5.78. The van der Waals surface area contributed by atoms with Crippen molar-refractivity contribution in [1.82, 2.24) is 14.9 Å². The van der Waals surface area contributed by atoms with E-state index in [0.717, 1.165) is 27.2 Å². The zero-order valence-electron chi connectivity index (χ0n) is 18.5. The SMILES string of the molecule is COc1cc2c(=O)n(CCNC(C)C)c3c4cc5c(cc4ncc3c2cc1OC)OCO5. The third-order valence-electron chi connectivity index (χ3n) is 5.78. The minimum atomic E-state index is -0.0934. The van der Waals surface area contributed by atoms with Gasteiger partial charge < -0.3 is 28.8 Å². The van der Waals surface area contributed by atoms with Crippen molar-refractivity contribution in [2.75, 3.05) is 27.6 Å². The van der Waals surface area contributed by atoms with Gasteiger partial charge >= 0.3 is 0 Å². The van der Waals surface area contributed by atoms with Crippen LogP contribution >= 0.6 is 0 Å². The molecular weight excluding hydrogens is 410 g/mol. The summed E-state index contributed by atoms with van der Waals surface area (Å²) in [5, 5.41) is 6.42. The predicted octanol–water partition coefficient (Wildman–Crippen LogP) is 3.45. The molecular formula is C24H25N3O5. The van der Waals surface area contributed by atoms with E-state index in [0.29, 0.717) is 47.5 Å². The van der Waals surface area contributed by atoms with Crippen LogP contribution in [0.3, 0.4) is 0 Å². The molecule has 32 heavy (non-hydrogen) atoms. The second kappa shape index (κ2) is 7.87. The van der Waals surface area contributed by atoms with Crippen molar-refractivity contribution in [1.29, 1.82) is 0 Å². The lowest BCUT2D eigenvalue weighted by atomic mass is 10.0. The van der Waals surface area contributed by atoms with Gasteiger partial charge in [-0.3, -0.25) is 9.78 Å². The average Bonchev–Trinajstić information content (AvgIpc) is 3.25. The Kier molecular flexibility index (Phi) is 5.01. The van der Waals surface area contributed by atoms with Crippen LogP contribution in [0.15, 0.2) is 35.3 Å². The third kappa shape index (κ3) is 3.18. The van der Waals surface area contributed by atoms with E-state index in [2.05, 4.69) is 24.1 Å². The Morgan fingerprint density at radius 1 is 1.00 bits per heavy atom. The molecule has 8 nitrogen and oxygen atoms in total. The second-order valence-electron chi connectivity index (χ2n) is 8.06. The van der Waals surface area contributed by atoms with E-state index in [1.807, 2.05) is 22.8 Å². The topological polar surface area (TPSA) is 83.8 Å². The summed E-state index contributed by atoms with van der Waals surface area (Å²) < 4.78 is 23.9. The molecule has 5 rings (SSSR count). The maximum Gasteiger partial charge on any atom is 0.259 e. The van der Waals surface area contributed by atoms with Gasteiger partial charge in [-0.15, -0.1) is 0 Å². The molecule has 0 aliphatic carbocycles. The number of methoxy groups -OCH3 is 2. The number of fused-ring (bicyclic) bond motifs is 6. The van der Waals surface area contributed by atoms with Crippen LogP contribution in [-0.4, -0.2) is 43.2 Å². The quantitative estimate of drug-likeness (QED) is 0.465. The van der Waals surface area contributed by atoms with Crippen LogP contribution < -0.4 is 29.8 Å². The standard InChI is InChI=1S/C24H25N3O5/c1-13(2)25-5-6-27-23-16-9-21-22(32-12-31-21)10-18(16)26-11-17(23)14-7-19(29-3)20(30-4)8-15(14)24(27)28/h7-11,13,25H,5-6,12H2,1-4H3. The highest BCUT2D eigenvalue weighted by Crippen LogP contribution is 2.40. The minimum absolute atomic E-state index is 0.0934. The molecule has 1 aliphatic heterocycles. The Morgan fingerprint density at radius 2 is 1.69 bits per heavy atom. The van der Waals surface area contributed by atoms with Gasteiger partial charge in [0.15, 0.2) is 23.0 Å². The number of ether oxygens (including phenoxy) is 4. The smallest absolute Gasteiger partial charge is 0.259 e. The van der Waals surface area contributed by atoms with Gasteiger partial charge in [0.05, 0.1) is 30.6 Å². The van der Waals surface area contributed by atoms with Gasteiger partial charge in [0, 0.05) is 47.6 Å². The monoisotopic (exact) mass is 435 g/mol. The molecule has 0 bridgehead atoms. The number of nitrogens with zero attached hydrogens (tertiary/aromatic N) is 2. The molecule has 0 amide bonds. The molecule has 0 saturated carbocycles. The fourth-order valence-corrected chi connectivity index (χ4v) is 4.26. The van der Waals surface area contributed by atoms with Gasteiger partial charge in [0.1, 0.15) is 0 Å². The fraction of sp³-hybridized carbons (Fsp3) is 0.333. The molecule has 0 radical (unpaired) electrons. The normalized spacial score (nSPS) is 12.9. The molecule has 2 aromatic heterocycles. The molecule has 166 valence electrons. The van der Waals surface area contributed by atoms with E-state index in [4.69, 9.17) is 18.9 Å². The van der Waals surface area contributed by atoms with E-state index in [1.54, 1.807) is 26.5 Å².